The number of hydrogen-bond acceptors (Lipinski definition) is 6. The van der Waals surface area contributed by atoms with E-state index in [4.69, 9.17) is 16.3 Å². The Kier molecular flexibility index (Phi) is 8.69. The van der Waals surface area contributed by atoms with Crippen LogP contribution in [0.5, 0.6) is 11.5 Å². The molecular weight excluding hydrogens is 456 g/mol. The predicted octanol–water partition coefficient (Wildman–Crippen LogP) is 4.13. The Morgan fingerprint density at radius 1 is 1.03 bits per heavy atom. The smallest absolute Gasteiger partial charge is 0.238 e. The number of amides is 1. The summed E-state index contributed by atoms with van der Waals surface area (Å²) in [6.07, 6.45) is 4.86. The highest BCUT2D eigenvalue weighted by Gasteiger charge is 2.27. The first-order chi connectivity index (χ1) is 16.1. The van der Waals surface area contributed by atoms with Crippen LogP contribution in [0.1, 0.15) is 6.42 Å². The highest BCUT2D eigenvalue weighted by atomic mass is 35.5. The Morgan fingerprint density at radius 3 is 2.39 bits per heavy atom. The normalized spacial score (nSPS) is 20.0. The van der Waals surface area contributed by atoms with Crippen molar-refractivity contribution in [3.8, 4) is 11.5 Å². The second kappa shape index (κ2) is 11.9. The molecule has 6 nitrogen and oxygen atoms in total. The molecule has 0 aromatic heterocycles. The van der Waals surface area contributed by atoms with E-state index in [1.165, 1.54) is 0 Å². The van der Waals surface area contributed by atoms with Crippen LogP contribution in [0.25, 0.3) is 0 Å². The maximum Gasteiger partial charge on any atom is 0.238 e. The molecular formula is C25H31ClN4O2S. The fraction of sp³-hybridized carbons (Fsp3) is 0.400. The quantitative estimate of drug-likeness (QED) is 0.447. The zero-order valence-electron chi connectivity index (χ0n) is 19.0. The van der Waals surface area contributed by atoms with E-state index in [-0.39, 0.29) is 11.9 Å². The van der Waals surface area contributed by atoms with E-state index in [1.54, 1.807) is 11.9 Å². The molecule has 0 saturated carbocycles. The lowest BCUT2D eigenvalue weighted by Gasteiger charge is -2.35. The molecule has 2 aliphatic rings. The third kappa shape index (κ3) is 7.22. The van der Waals surface area contributed by atoms with Crippen molar-refractivity contribution in [1.82, 2.24) is 19.4 Å². The van der Waals surface area contributed by atoms with Crippen LogP contribution in [0.4, 0.5) is 0 Å². The van der Waals surface area contributed by atoms with E-state index in [0.717, 1.165) is 62.1 Å². The average molecular weight is 487 g/mol. The summed E-state index contributed by atoms with van der Waals surface area (Å²) < 4.78 is 8.15. The maximum absolute atomic E-state index is 12.8. The second-order valence-corrected chi connectivity index (χ2v) is 9.93. The van der Waals surface area contributed by atoms with Crippen LogP contribution >= 0.6 is 23.5 Å². The molecule has 0 spiro atoms. The maximum atomic E-state index is 12.8. The summed E-state index contributed by atoms with van der Waals surface area (Å²) in [7, 11) is 2.17. The van der Waals surface area contributed by atoms with Gasteiger partial charge in [-0.15, -0.1) is 0 Å². The number of carbonyl (C=O) groups is 1. The van der Waals surface area contributed by atoms with Gasteiger partial charge in [-0.05, 0) is 73.9 Å². The summed E-state index contributed by atoms with van der Waals surface area (Å²) in [6.45, 7) is 6.70. The van der Waals surface area contributed by atoms with Crippen LogP contribution < -0.4 is 10.1 Å². The summed E-state index contributed by atoms with van der Waals surface area (Å²) >= 11 is 7.59. The Balaban J connectivity index is 1.41. The van der Waals surface area contributed by atoms with E-state index in [0.29, 0.717) is 11.6 Å². The number of halogens is 1. The largest absolute Gasteiger partial charge is 0.457 e. The number of likely N-dealkylation sites (N-methyl/N-ethyl adjacent to an activating group) is 1. The predicted molar refractivity (Wildman–Crippen MR) is 135 cm³/mol. The fourth-order valence-electron chi connectivity index (χ4n) is 3.86. The van der Waals surface area contributed by atoms with Gasteiger partial charge >= 0.3 is 0 Å². The molecule has 1 N–H and O–H groups in total. The number of ether oxygens (including phenoxy) is 1. The van der Waals surface area contributed by atoms with Crippen molar-refractivity contribution in [1.29, 1.82) is 0 Å². The molecule has 2 aliphatic heterocycles. The van der Waals surface area contributed by atoms with Crippen molar-refractivity contribution in [3.05, 3.63) is 65.7 Å². The van der Waals surface area contributed by atoms with E-state index in [2.05, 4.69) is 32.5 Å². The first kappa shape index (κ1) is 24.1. The molecule has 0 aliphatic carbocycles. The van der Waals surface area contributed by atoms with E-state index in [9.17, 15) is 4.79 Å². The molecule has 0 unspecified atom stereocenters. The molecule has 1 amide bonds. The molecule has 176 valence electrons. The number of nitrogens with one attached hydrogen (secondary N) is 1. The van der Waals surface area contributed by atoms with Crippen molar-refractivity contribution in [2.24, 2.45) is 0 Å². The SMILES string of the molecule is CN1CCN(CCN(Sc2ccc(Oc3ccc(Cl)cc3)cc2)[C@@H]2CC=CCNC2=O)CC1. The molecule has 2 aromatic rings. The first-order valence-corrected chi connectivity index (χ1v) is 12.5. The molecule has 2 aromatic carbocycles. The molecule has 1 saturated heterocycles. The first-order valence-electron chi connectivity index (χ1n) is 11.4. The highest BCUT2D eigenvalue weighted by Crippen LogP contribution is 2.30. The van der Waals surface area contributed by atoms with Crippen LogP contribution in [0, 0.1) is 0 Å². The van der Waals surface area contributed by atoms with Gasteiger partial charge in [0.25, 0.3) is 0 Å². The van der Waals surface area contributed by atoms with Gasteiger partial charge in [-0.1, -0.05) is 23.8 Å². The Bertz CT molecular complexity index is 930. The Morgan fingerprint density at radius 2 is 1.70 bits per heavy atom. The van der Waals surface area contributed by atoms with Gasteiger partial charge in [0.15, 0.2) is 0 Å². The van der Waals surface area contributed by atoms with Gasteiger partial charge in [0.05, 0.1) is 0 Å². The Hall–Kier alpha value is -2.03. The number of benzene rings is 2. The van der Waals surface area contributed by atoms with E-state index in [1.807, 2.05) is 54.6 Å². The monoisotopic (exact) mass is 486 g/mol. The zero-order chi connectivity index (χ0) is 23.0. The minimum Gasteiger partial charge on any atom is -0.457 e. The molecule has 0 bridgehead atoms. The van der Waals surface area contributed by atoms with Gasteiger partial charge in [0.2, 0.25) is 5.91 Å². The molecule has 4 rings (SSSR count). The standard InChI is InChI=1S/C25H31ClN4O2S/c1-28-14-16-29(17-15-28)18-19-30(24-4-2-3-13-27-25(24)31)33-23-11-9-22(10-12-23)32-21-7-5-20(26)6-8-21/h2-3,5-12,24H,4,13-19H2,1H3,(H,27,31)/t24-/m1/s1. The zero-order valence-corrected chi connectivity index (χ0v) is 20.5. The van der Waals surface area contributed by atoms with Gasteiger partial charge in [-0.2, -0.15) is 0 Å². The van der Waals surface area contributed by atoms with Gasteiger partial charge < -0.3 is 15.0 Å². The fourth-order valence-corrected chi connectivity index (χ4v) is 5.00. The van der Waals surface area contributed by atoms with E-state index >= 15 is 0 Å². The van der Waals surface area contributed by atoms with Crippen LogP contribution in [0.2, 0.25) is 5.02 Å². The van der Waals surface area contributed by atoms with Crippen molar-refractivity contribution >= 4 is 29.5 Å². The van der Waals surface area contributed by atoms with Crippen LogP contribution in [-0.2, 0) is 4.79 Å². The molecule has 8 heteroatoms. The second-order valence-electron chi connectivity index (χ2n) is 8.37. The molecule has 33 heavy (non-hydrogen) atoms. The number of rotatable bonds is 8. The van der Waals surface area contributed by atoms with Gasteiger partial charge in [0.1, 0.15) is 17.5 Å². The lowest BCUT2D eigenvalue weighted by molar-refractivity contribution is -0.124. The van der Waals surface area contributed by atoms with Crippen molar-refractivity contribution < 1.29 is 9.53 Å². The lowest BCUT2D eigenvalue weighted by atomic mass is 10.2. The van der Waals surface area contributed by atoms with Crippen molar-refractivity contribution in [2.75, 3.05) is 52.9 Å². The van der Waals surface area contributed by atoms with Crippen molar-refractivity contribution in [3.63, 3.8) is 0 Å². The number of piperazine rings is 1. The van der Waals surface area contributed by atoms with Crippen molar-refractivity contribution in [2.45, 2.75) is 17.4 Å². The molecule has 1 atom stereocenters. The van der Waals surface area contributed by atoms with Crippen LogP contribution in [-0.4, -0.2) is 78.9 Å². The molecule has 1 fully saturated rings. The van der Waals surface area contributed by atoms with Gasteiger partial charge in [-0.25, -0.2) is 4.31 Å². The third-order valence-corrected chi connectivity index (χ3v) is 7.31. The summed E-state index contributed by atoms with van der Waals surface area (Å²) in [6, 6.07) is 15.1. The van der Waals surface area contributed by atoms with Gasteiger partial charge in [0, 0.05) is 55.7 Å². The minimum absolute atomic E-state index is 0.0913. The topological polar surface area (TPSA) is 48.1 Å². The molecule has 0 radical (unpaired) electrons. The Labute approximate surface area is 205 Å². The van der Waals surface area contributed by atoms with E-state index < -0.39 is 0 Å². The third-order valence-electron chi connectivity index (χ3n) is 5.90. The lowest BCUT2D eigenvalue weighted by Crippen LogP contribution is -2.49. The summed E-state index contributed by atoms with van der Waals surface area (Å²) in [5.41, 5.74) is 0. The number of hydrogen-bond donors (Lipinski definition) is 1. The minimum atomic E-state index is -0.189. The average Bonchev–Trinajstić information content (AvgIpc) is 3.04. The number of carbonyl (C=O) groups excluding carboxylic acids is 1. The van der Waals surface area contributed by atoms with Crippen LogP contribution in [0.15, 0.2) is 65.6 Å². The molecule has 2 heterocycles. The number of nitrogens with zero attached hydrogens (tertiary/aromatic N) is 3. The summed E-state index contributed by atoms with van der Waals surface area (Å²) in [5.74, 6) is 1.60. The highest BCUT2D eigenvalue weighted by molar-refractivity contribution is 7.97. The summed E-state index contributed by atoms with van der Waals surface area (Å²) in [5, 5.41) is 3.70. The summed E-state index contributed by atoms with van der Waals surface area (Å²) in [4.78, 5) is 18.7. The van der Waals surface area contributed by atoms with Gasteiger partial charge in [-0.3, -0.25) is 9.69 Å². The van der Waals surface area contributed by atoms with Crippen LogP contribution in [0.3, 0.4) is 0 Å².